The van der Waals surface area contributed by atoms with Crippen molar-refractivity contribution in [1.29, 1.82) is 0 Å². The molecule has 1 heterocycles. The van der Waals surface area contributed by atoms with Gasteiger partial charge in [-0.3, -0.25) is 4.79 Å². The quantitative estimate of drug-likeness (QED) is 0.691. The lowest BCUT2D eigenvalue weighted by Crippen LogP contribution is -2.22. The van der Waals surface area contributed by atoms with Crippen LogP contribution in [0.4, 0.5) is 0 Å². The topological polar surface area (TPSA) is 42.9 Å². The van der Waals surface area contributed by atoms with Crippen LogP contribution in [0.25, 0.3) is 0 Å². The first-order valence-corrected chi connectivity index (χ1v) is 4.29. The molecule has 0 saturated heterocycles. The summed E-state index contributed by atoms with van der Waals surface area (Å²) in [5, 5.41) is 0. The molecular weight excluding hydrogens is 164 g/mol. The van der Waals surface area contributed by atoms with Gasteiger partial charge in [-0.15, -0.1) is 0 Å². The monoisotopic (exact) mass is 178 g/mol. The predicted octanol–water partition coefficient (Wildman–Crippen LogP) is 1.63. The lowest BCUT2D eigenvalue weighted by molar-refractivity contribution is -0.125. The Bertz CT molecular complexity index is 288. The highest BCUT2D eigenvalue weighted by Gasteiger charge is 2.21. The number of ketones is 1. The highest BCUT2D eigenvalue weighted by molar-refractivity contribution is 5.85. The van der Waals surface area contributed by atoms with E-state index in [0.717, 1.165) is 0 Å². The fourth-order valence-corrected chi connectivity index (χ4v) is 0.830. The number of Topliss-reactive ketones (excluding diaryl/α,β-unsaturated/α-hetero) is 1. The molecule has 0 bridgehead atoms. The predicted molar refractivity (Wildman–Crippen MR) is 50.2 cm³/mol. The van der Waals surface area contributed by atoms with Crippen LogP contribution >= 0.6 is 0 Å². The second-order valence-corrected chi connectivity index (χ2v) is 4.01. The van der Waals surface area contributed by atoms with Crippen LogP contribution in [0.15, 0.2) is 18.5 Å². The average molecular weight is 178 g/mol. The Balaban J connectivity index is 2.66. The number of carbonyl (C=O) groups is 1. The maximum Gasteiger partial charge on any atom is 0.145 e. The minimum absolute atomic E-state index is 0.165. The van der Waals surface area contributed by atoms with Crippen molar-refractivity contribution >= 4 is 5.78 Å². The van der Waals surface area contributed by atoms with Crippen LogP contribution in [0, 0.1) is 5.41 Å². The molecule has 70 valence electrons. The summed E-state index contributed by atoms with van der Waals surface area (Å²) in [5.74, 6) is 0.765. The Morgan fingerprint density at radius 3 is 2.31 bits per heavy atom. The minimum Gasteiger partial charge on any atom is -0.299 e. The van der Waals surface area contributed by atoms with Gasteiger partial charge in [-0.25, -0.2) is 9.97 Å². The number of hydrogen-bond acceptors (Lipinski definition) is 3. The third kappa shape index (κ3) is 2.93. The fourth-order valence-electron chi connectivity index (χ4n) is 0.830. The van der Waals surface area contributed by atoms with E-state index in [0.29, 0.717) is 12.2 Å². The van der Waals surface area contributed by atoms with E-state index in [1.807, 2.05) is 20.8 Å². The summed E-state index contributed by atoms with van der Waals surface area (Å²) in [7, 11) is 0. The van der Waals surface area contributed by atoms with Crippen molar-refractivity contribution in [2.24, 2.45) is 5.41 Å². The zero-order chi connectivity index (χ0) is 9.90. The molecule has 3 heteroatoms. The van der Waals surface area contributed by atoms with Gasteiger partial charge in [-0.2, -0.15) is 0 Å². The van der Waals surface area contributed by atoms with E-state index < -0.39 is 0 Å². The molecule has 3 nitrogen and oxygen atoms in total. The third-order valence-electron chi connectivity index (χ3n) is 1.77. The molecule has 0 fully saturated rings. The van der Waals surface area contributed by atoms with E-state index in [-0.39, 0.29) is 11.2 Å². The summed E-state index contributed by atoms with van der Waals surface area (Å²) >= 11 is 0. The molecular formula is C10H14N2O. The Kier molecular flexibility index (Phi) is 2.76. The van der Waals surface area contributed by atoms with Gasteiger partial charge >= 0.3 is 0 Å². The molecule has 0 aromatic carbocycles. The Morgan fingerprint density at radius 2 is 1.85 bits per heavy atom. The maximum absolute atomic E-state index is 11.6. The lowest BCUT2D eigenvalue weighted by atomic mass is 9.89. The van der Waals surface area contributed by atoms with Crippen LogP contribution in [-0.4, -0.2) is 15.8 Å². The summed E-state index contributed by atoms with van der Waals surface area (Å²) < 4.78 is 0. The average Bonchev–Trinajstić information content (AvgIpc) is 2.04. The highest BCUT2D eigenvalue weighted by Crippen LogP contribution is 2.16. The molecule has 0 radical (unpaired) electrons. The first-order chi connectivity index (χ1) is 6.00. The van der Waals surface area contributed by atoms with E-state index in [9.17, 15) is 4.79 Å². The lowest BCUT2D eigenvalue weighted by Gasteiger charge is -2.15. The van der Waals surface area contributed by atoms with Gasteiger partial charge in [-0.1, -0.05) is 20.8 Å². The fraction of sp³-hybridized carbons (Fsp3) is 0.500. The van der Waals surface area contributed by atoms with Gasteiger partial charge in [0.25, 0.3) is 0 Å². The molecule has 0 N–H and O–H groups in total. The van der Waals surface area contributed by atoms with Gasteiger partial charge < -0.3 is 0 Å². The Hall–Kier alpha value is -1.25. The van der Waals surface area contributed by atoms with Crippen molar-refractivity contribution in [3.8, 4) is 0 Å². The zero-order valence-electron chi connectivity index (χ0n) is 8.24. The van der Waals surface area contributed by atoms with E-state index >= 15 is 0 Å². The highest BCUT2D eigenvalue weighted by atomic mass is 16.1. The van der Waals surface area contributed by atoms with Gasteiger partial charge in [0.15, 0.2) is 0 Å². The summed E-state index contributed by atoms with van der Waals surface area (Å²) in [4.78, 5) is 19.6. The number of carbonyl (C=O) groups excluding carboxylic acids is 1. The molecule has 0 aliphatic heterocycles. The van der Waals surface area contributed by atoms with Crippen molar-refractivity contribution in [2.75, 3.05) is 0 Å². The molecule has 1 aromatic rings. The van der Waals surface area contributed by atoms with Crippen molar-refractivity contribution in [3.63, 3.8) is 0 Å². The normalized spacial score (nSPS) is 11.3. The van der Waals surface area contributed by atoms with Crippen molar-refractivity contribution in [3.05, 3.63) is 24.3 Å². The van der Waals surface area contributed by atoms with Gasteiger partial charge in [0.2, 0.25) is 0 Å². The van der Waals surface area contributed by atoms with Crippen LogP contribution in [0.5, 0.6) is 0 Å². The zero-order valence-corrected chi connectivity index (χ0v) is 8.24. The largest absolute Gasteiger partial charge is 0.299 e. The maximum atomic E-state index is 11.6. The molecule has 1 rings (SSSR count). The third-order valence-corrected chi connectivity index (χ3v) is 1.77. The second kappa shape index (κ2) is 3.64. The second-order valence-electron chi connectivity index (χ2n) is 4.01. The van der Waals surface area contributed by atoms with E-state index in [1.165, 1.54) is 0 Å². The SMILES string of the molecule is CC(C)(C)C(=O)Cc1ncccn1. The molecule has 0 amide bonds. The molecule has 0 aliphatic rings. The van der Waals surface area contributed by atoms with Crippen LogP contribution in [0.3, 0.4) is 0 Å². The molecule has 0 saturated carbocycles. The van der Waals surface area contributed by atoms with E-state index in [1.54, 1.807) is 18.5 Å². The molecule has 0 unspecified atom stereocenters. The molecule has 0 atom stereocenters. The van der Waals surface area contributed by atoms with Gasteiger partial charge in [-0.05, 0) is 6.07 Å². The number of nitrogens with zero attached hydrogens (tertiary/aromatic N) is 2. The van der Waals surface area contributed by atoms with E-state index in [2.05, 4.69) is 9.97 Å². The molecule has 13 heavy (non-hydrogen) atoms. The van der Waals surface area contributed by atoms with Crippen LogP contribution in [0.1, 0.15) is 26.6 Å². The summed E-state index contributed by atoms with van der Waals surface area (Å²) in [5.41, 5.74) is -0.306. The first-order valence-electron chi connectivity index (χ1n) is 4.29. The first kappa shape index (κ1) is 9.84. The van der Waals surface area contributed by atoms with Gasteiger partial charge in [0, 0.05) is 17.8 Å². The minimum atomic E-state index is -0.306. The molecule has 0 spiro atoms. The Labute approximate surface area is 78.2 Å². The van der Waals surface area contributed by atoms with Crippen molar-refractivity contribution < 1.29 is 4.79 Å². The molecule has 0 aliphatic carbocycles. The number of hydrogen-bond donors (Lipinski definition) is 0. The summed E-state index contributed by atoms with van der Waals surface area (Å²) in [6.45, 7) is 5.70. The Morgan fingerprint density at radius 1 is 1.31 bits per heavy atom. The van der Waals surface area contributed by atoms with Crippen molar-refractivity contribution in [2.45, 2.75) is 27.2 Å². The van der Waals surface area contributed by atoms with E-state index in [4.69, 9.17) is 0 Å². The van der Waals surface area contributed by atoms with Gasteiger partial charge in [0.1, 0.15) is 11.6 Å². The van der Waals surface area contributed by atoms with Crippen LogP contribution in [0.2, 0.25) is 0 Å². The standard InChI is InChI=1S/C10H14N2O/c1-10(2,3)8(13)7-9-11-5-4-6-12-9/h4-6H,7H2,1-3H3. The van der Waals surface area contributed by atoms with Crippen LogP contribution in [-0.2, 0) is 11.2 Å². The van der Waals surface area contributed by atoms with Crippen molar-refractivity contribution in [1.82, 2.24) is 9.97 Å². The smallest absolute Gasteiger partial charge is 0.145 e. The van der Waals surface area contributed by atoms with Crippen LogP contribution < -0.4 is 0 Å². The van der Waals surface area contributed by atoms with Gasteiger partial charge in [0.05, 0.1) is 6.42 Å². The summed E-state index contributed by atoms with van der Waals surface area (Å²) in [6.07, 6.45) is 3.63. The number of rotatable bonds is 2. The molecule has 1 aromatic heterocycles. The summed E-state index contributed by atoms with van der Waals surface area (Å²) in [6, 6.07) is 1.74. The number of aromatic nitrogens is 2.